The fourth-order valence-corrected chi connectivity index (χ4v) is 3.50. The molecule has 0 amide bonds. The minimum Gasteiger partial charge on any atom is -0.486 e. The molecule has 1 saturated heterocycles. The molecule has 7 nitrogen and oxygen atoms in total. The number of aromatic nitrogens is 3. The number of pyridine rings is 1. The van der Waals surface area contributed by atoms with Crippen LogP contribution in [0.2, 0.25) is 0 Å². The van der Waals surface area contributed by atoms with Crippen molar-refractivity contribution in [3.05, 3.63) is 30.5 Å². The van der Waals surface area contributed by atoms with Gasteiger partial charge in [0.2, 0.25) is 0 Å². The lowest BCUT2D eigenvalue weighted by molar-refractivity contribution is 0.171. The average Bonchev–Trinajstić information content (AvgIpc) is 3.13. The summed E-state index contributed by atoms with van der Waals surface area (Å²) in [5.74, 6) is 3.33. The van der Waals surface area contributed by atoms with E-state index in [2.05, 4.69) is 26.8 Å². The fraction of sp³-hybridized carbons (Fsp3) is 0.368. The number of anilines is 1. The highest BCUT2D eigenvalue weighted by molar-refractivity contribution is 5.89. The van der Waals surface area contributed by atoms with Crippen molar-refractivity contribution in [2.45, 2.75) is 0 Å². The second-order valence-electron chi connectivity index (χ2n) is 6.76. The average molecular weight is 351 g/mol. The Hall–Kier alpha value is -2.80. The van der Waals surface area contributed by atoms with E-state index in [0.29, 0.717) is 13.2 Å². The van der Waals surface area contributed by atoms with Crippen LogP contribution in [0.3, 0.4) is 0 Å². The summed E-state index contributed by atoms with van der Waals surface area (Å²) >= 11 is 0. The number of likely N-dealkylation sites (N-methyl/N-ethyl adjacent to an activating group) is 1. The number of ether oxygens (including phenoxy) is 2. The zero-order chi connectivity index (χ0) is 17.5. The molecule has 2 aliphatic rings. The minimum atomic E-state index is 0.577. The van der Waals surface area contributed by atoms with Crippen LogP contribution < -0.4 is 14.4 Å². The summed E-state index contributed by atoms with van der Waals surface area (Å²) in [6.07, 6.45) is 1.85. The molecular weight excluding hydrogens is 330 g/mol. The molecule has 2 aromatic heterocycles. The Kier molecular flexibility index (Phi) is 3.67. The Morgan fingerprint density at radius 2 is 1.81 bits per heavy atom. The number of nitrogens with one attached hydrogen (secondary N) is 1. The second kappa shape index (κ2) is 6.17. The van der Waals surface area contributed by atoms with Gasteiger partial charge in [0.25, 0.3) is 0 Å². The summed E-state index contributed by atoms with van der Waals surface area (Å²) in [5.41, 5.74) is 2.90. The van der Waals surface area contributed by atoms with E-state index in [1.54, 1.807) is 0 Å². The third-order valence-corrected chi connectivity index (χ3v) is 5.00. The maximum atomic E-state index is 5.70. The Balaban J connectivity index is 1.53. The molecule has 0 spiro atoms. The van der Waals surface area contributed by atoms with E-state index < -0.39 is 0 Å². The molecule has 1 aromatic carbocycles. The van der Waals surface area contributed by atoms with Gasteiger partial charge in [-0.3, -0.25) is 0 Å². The summed E-state index contributed by atoms with van der Waals surface area (Å²) in [7, 11) is 2.15. The van der Waals surface area contributed by atoms with Gasteiger partial charge in [-0.2, -0.15) is 0 Å². The first-order valence-electron chi connectivity index (χ1n) is 8.96. The lowest BCUT2D eigenvalue weighted by atomic mass is 10.2. The highest BCUT2D eigenvalue weighted by Gasteiger charge is 2.20. The molecule has 0 unspecified atom stereocenters. The number of hydrogen-bond donors (Lipinski definition) is 1. The smallest absolute Gasteiger partial charge is 0.162 e. The molecule has 2 aliphatic heterocycles. The van der Waals surface area contributed by atoms with E-state index in [9.17, 15) is 0 Å². The van der Waals surface area contributed by atoms with Crippen LogP contribution in [-0.2, 0) is 0 Å². The monoisotopic (exact) mass is 351 g/mol. The normalized spacial score (nSPS) is 17.7. The van der Waals surface area contributed by atoms with Crippen LogP contribution in [0.5, 0.6) is 11.5 Å². The number of hydrogen-bond acceptors (Lipinski definition) is 6. The number of benzene rings is 1. The molecule has 7 heteroatoms. The molecule has 0 atom stereocenters. The molecule has 0 aliphatic carbocycles. The number of aromatic amines is 1. The van der Waals surface area contributed by atoms with E-state index >= 15 is 0 Å². The highest BCUT2D eigenvalue weighted by Crippen LogP contribution is 2.35. The van der Waals surface area contributed by atoms with E-state index in [1.165, 1.54) is 0 Å². The third-order valence-electron chi connectivity index (χ3n) is 5.00. The van der Waals surface area contributed by atoms with Crippen molar-refractivity contribution in [3.8, 4) is 22.9 Å². The first-order chi connectivity index (χ1) is 12.8. The van der Waals surface area contributed by atoms with Gasteiger partial charge in [0.1, 0.15) is 24.6 Å². The predicted octanol–water partition coefficient (Wildman–Crippen LogP) is 2.15. The van der Waals surface area contributed by atoms with Crippen LogP contribution in [0.1, 0.15) is 0 Å². The van der Waals surface area contributed by atoms with Gasteiger partial charge < -0.3 is 24.3 Å². The lowest BCUT2D eigenvalue weighted by Crippen LogP contribution is -2.44. The molecule has 4 heterocycles. The first kappa shape index (κ1) is 15.5. The number of piperazine rings is 1. The van der Waals surface area contributed by atoms with Crippen LogP contribution in [-0.4, -0.2) is 66.3 Å². The van der Waals surface area contributed by atoms with Gasteiger partial charge in [-0.05, 0) is 31.3 Å². The molecule has 0 bridgehead atoms. The van der Waals surface area contributed by atoms with E-state index in [1.807, 2.05) is 30.5 Å². The van der Waals surface area contributed by atoms with E-state index in [-0.39, 0.29) is 0 Å². The number of imidazole rings is 1. The van der Waals surface area contributed by atoms with Gasteiger partial charge in [0, 0.05) is 37.9 Å². The van der Waals surface area contributed by atoms with Gasteiger partial charge in [-0.15, -0.1) is 0 Å². The van der Waals surface area contributed by atoms with Crippen LogP contribution in [0, 0.1) is 0 Å². The van der Waals surface area contributed by atoms with E-state index in [4.69, 9.17) is 14.5 Å². The standard InChI is InChI=1S/C19H21N5O2/c1-23-6-8-24(9-7-23)19-17-14(4-5-20-19)21-18(22-17)13-2-3-15-16(12-13)26-11-10-25-15/h2-5,12H,6-11H2,1H3,(H,21,22). The van der Waals surface area contributed by atoms with Crippen molar-refractivity contribution < 1.29 is 9.47 Å². The molecule has 134 valence electrons. The zero-order valence-corrected chi connectivity index (χ0v) is 14.7. The molecule has 5 rings (SSSR count). The Labute approximate surface area is 151 Å². The molecular formula is C19H21N5O2. The summed E-state index contributed by atoms with van der Waals surface area (Å²) in [4.78, 5) is 17.5. The van der Waals surface area contributed by atoms with Crippen molar-refractivity contribution >= 4 is 16.9 Å². The van der Waals surface area contributed by atoms with Gasteiger partial charge in [-0.25, -0.2) is 9.97 Å². The zero-order valence-electron chi connectivity index (χ0n) is 14.7. The van der Waals surface area contributed by atoms with Crippen LogP contribution in [0.15, 0.2) is 30.5 Å². The van der Waals surface area contributed by atoms with Gasteiger partial charge >= 0.3 is 0 Å². The highest BCUT2D eigenvalue weighted by atomic mass is 16.6. The van der Waals surface area contributed by atoms with Crippen LogP contribution >= 0.6 is 0 Å². The largest absolute Gasteiger partial charge is 0.486 e. The maximum absolute atomic E-state index is 5.70. The minimum absolute atomic E-state index is 0.577. The van der Waals surface area contributed by atoms with Crippen molar-refractivity contribution in [2.75, 3.05) is 51.3 Å². The summed E-state index contributed by atoms with van der Waals surface area (Å²) in [6, 6.07) is 7.91. The van der Waals surface area contributed by atoms with Crippen LogP contribution in [0.4, 0.5) is 5.82 Å². The fourth-order valence-electron chi connectivity index (χ4n) is 3.50. The Morgan fingerprint density at radius 3 is 2.65 bits per heavy atom. The molecule has 1 N–H and O–H groups in total. The molecule has 1 fully saturated rings. The van der Waals surface area contributed by atoms with E-state index in [0.717, 1.165) is 65.9 Å². The SMILES string of the molecule is CN1CCN(c2nccc3[nH]c(-c4ccc5c(c4)OCCO5)nc23)CC1. The maximum Gasteiger partial charge on any atom is 0.162 e. The number of fused-ring (bicyclic) bond motifs is 2. The number of rotatable bonds is 2. The van der Waals surface area contributed by atoms with Crippen LogP contribution in [0.25, 0.3) is 22.4 Å². The first-order valence-corrected chi connectivity index (χ1v) is 8.96. The third kappa shape index (κ3) is 2.64. The van der Waals surface area contributed by atoms with Crippen molar-refractivity contribution in [1.29, 1.82) is 0 Å². The molecule has 3 aromatic rings. The topological polar surface area (TPSA) is 66.5 Å². The Bertz CT molecular complexity index is 946. The van der Waals surface area contributed by atoms with Gasteiger partial charge in [0.05, 0.1) is 5.52 Å². The van der Waals surface area contributed by atoms with Crippen molar-refractivity contribution in [2.24, 2.45) is 0 Å². The summed E-state index contributed by atoms with van der Waals surface area (Å²) in [5, 5.41) is 0. The molecule has 0 radical (unpaired) electrons. The molecule has 26 heavy (non-hydrogen) atoms. The second-order valence-corrected chi connectivity index (χ2v) is 6.76. The number of nitrogens with zero attached hydrogens (tertiary/aromatic N) is 4. The summed E-state index contributed by atoms with van der Waals surface area (Å²) < 4.78 is 11.3. The summed E-state index contributed by atoms with van der Waals surface area (Å²) in [6.45, 7) is 5.18. The lowest BCUT2D eigenvalue weighted by Gasteiger charge is -2.33. The Morgan fingerprint density at radius 1 is 1.00 bits per heavy atom. The van der Waals surface area contributed by atoms with Crippen molar-refractivity contribution in [3.63, 3.8) is 0 Å². The quantitative estimate of drug-likeness (QED) is 0.763. The van der Waals surface area contributed by atoms with Crippen molar-refractivity contribution in [1.82, 2.24) is 19.9 Å². The number of H-pyrrole nitrogens is 1. The van der Waals surface area contributed by atoms with Gasteiger partial charge in [0.15, 0.2) is 17.3 Å². The van der Waals surface area contributed by atoms with Gasteiger partial charge in [-0.1, -0.05) is 0 Å². The predicted molar refractivity (Wildman–Crippen MR) is 100 cm³/mol. The molecule has 0 saturated carbocycles.